The Kier molecular flexibility index (Phi) is 10.2. The number of aryl methyl sites for hydroxylation is 1. The Hall–Kier alpha value is -1.99. The molecular weight excluding hydrogens is 389 g/mol. The van der Waals surface area contributed by atoms with Crippen LogP contribution in [0.1, 0.15) is 69.8 Å². The van der Waals surface area contributed by atoms with Crippen molar-refractivity contribution in [3.63, 3.8) is 0 Å². The quantitative estimate of drug-likeness (QED) is 0.216. The number of oxime groups is 1. The standard InChI is InChI=1S/C23H34FNO5/c24-20-9-6-5-7-16(20)11-12-17(26)13-14-18-19(22(27)15-21(18)25-30)8-3-1-2-4-10-23(28)29/h5-7,9,17-19,22,26-27,30H,1-4,8,10-15H2,(H,28,29)/b25-21+. The van der Waals surface area contributed by atoms with Gasteiger partial charge in [-0.05, 0) is 56.1 Å². The van der Waals surface area contributed by atoms with Crippen molar-refractivity contribution in [3.05, 3.63) is 35.6 Å². The lowest BCUT2D eigenvalue weighted by atomic mass is 9.84. The van der Waals surface area contributed by atoms with Crippen molar-refractivity contribution in [2.45, 2.75) is 82.8 Å². The lowest BCUT2D eigenvalue weighted by molar-refractivity contribution is -0.137. The average Bonchev–Trinajstić information content (AvgIpc) is 3.02. The number of benzene rings is 1. The van der Waals surface area contributed by atoms with Gasteiger partial charge in [0, 0.05) is 18.8 Å². The number of nitrogens with zero attached hydrogens (tertiary/aromatic N) is 1. The summed E-state index contributed by atoms with van der Waals surface area (Å²) in [6, 6.07) is 6.56. The van der Waals surface area contributed by atoms with Gasteiger partial charge < -0.3 is 20.5 Å². The molecule has 1 fully saturated rings. The van der Waals surface area contributed by atoms with Crippen molar-refractivity contribution >= 4 is 11.7 Å². The number of hydrogen-bond acceptors (Lipinski definition) is 5. The van der Waals surface area contributed by atoms with Crippen molar-refractivity contribution in [1.29, 1.82) is 0 Å². The second-order valence-electron chi connectivity index (χ2n) is 8.34. The van der Waals surface area contributed by atoms with Gasteiger partial charge >= 0.3 is 5.97 Å². The van der Waals surface area contributed by atoms with Gasteiger partial charge in [0.25, 0.3) is 0 Å². The van der Waals surface area contributed by atoms with Crippen molar-refractivity contribution in [3.8, 4) is 0 Å². The summed E-state index contributed by atoms with van der Waals surface area (Å²) < 4.78 is 13.7. The zero-order chi connectivity index (χ0) is 21.9. The van der Waals surface area contributed by atoms with E-state index in [1.165, 1.54) is 6.07 Å². The minimum Gasteiger partial charge on any atom is -0.481 e. The number of carbonyl (C=O) groups is 1. The topological polar surface area (TPSA) is 110 Å². The van der Waals surface area contributed by atoms with Crippen molar-refractivity contribution in [2.24, 2.45) is 17.0 Å². The molecular formula is C23H34FNO5. The highest BCUT2D eigenvalue weighted by molar-refractivity contribution is 5.89. The smallest absolute Gasteiger partial charge is 0.303 e. The number of rotatable bonds is 13. The van der Waals surface area contributed by atoms with E-state index < -0.39 is 18.2 Å². The second kappa shape index (κ2) is 12.6. The molecule has 168 valence electrons. The molecule has 0 radical (unpaired) electrons. The first kappa shape index (κ1) is 24.3. The third-order valence-corrected chi connectivity index (χ3v) is 6.18. The van der Waals surface area contributed by atoms with Crippen LogP contribution in [0.5, 0.6) is 0 Å². The summed E-state index contributed by atoms with van der Waals surface area (Å²) in [5.41, 5.74) is 1.17. The molecule has 7 heteroatoms. The summed E-state index contributed by atoms with van der Waals surface area (Å²) in [7, 11) is 0. The zero-order valence-corrected chi connectivity index (χ0v) is 17.4. The van der Waals surface area contributed by atoms with E-state index in [1.54, 1.807) is 18.2 Å². The average molecular weight is 424 g/mol. The van der Waals surface area contributed by atoms with Gasteiger partial charge in [-0.25, -0.2) is 4.39 Å². The molecule has 2 rings (SSSR count). The molecule has 1 aromatic rings. The van der Waals surface area contributed by atoms with E-state index in [2.05, 4.69) is 5.16 Å². The van der Waals surface area contributed by atoms with E-state index in [0.717, 1.165) is 25.7 Å². The summed E-state index contributed by atoms with van der Waals surface area (Å²) in [5, 5.41) is 42.2. The van der Waals surface area contributed by atoms with Gasteiger partial charge in [0.2, 0.25) is 0 Å². The number of aliphatic hydroxyl groups excluding tert-OH is 2. The normalized spacial score (nSPS) is 23.7. The predicted octanol–water partition coefficient (Wildman–Crippen LogP) is 4.15. The fraction of sp³-hybridized carbons (Fsp3) is 0.652. The molecule has 1 aliphatic rings. The van der Waals surface area contributed by atoms with Crippen LogP contribution in [0, 0.1) is 17.7 Å². The van der Waals surface area contributed by atoms with Crippen LogP contribution in [0.25, 0.3) is 0 Å². The molecule has 0 spiro atoms. The Morgan fingerprint density at radius 3 is 2.57 bits per heavy atom. The predicted molar refractivity (Wildman–Crippen MR) is 112 cm³/mol. The first-order valence-electron chi connectivity index (χ1n) is 10.9. The SMILES string of the molecule is O=C(O)CCCCCCC1C(O)C/C(=N\O)C1CCC(O)CCc1ccccc1F. The van der Waals surface area contributed by atoms with E-state index in [-0.39, 0.29) is 24.1 Å². The molecule has 0 saturated heterocycles. The van der Waals surface area contributed by atoms with Gasteiger partial charge in [0.15, 0.2) is 0 Å². The van der Waals surface area contributed by atoms with Crippen LogP contribution < -0.4 is 0 Å². The number of halogens is 1. The Morgan fingerprint density at radius 1 is 1.13 bits per heavy atom. The van der Waals surface area contributed by atoms with Crippen LogP contribution in [-0.4, -0.2) is 44.4 Å². The van der Waals surface area contributed by atoms with Crippen LogP contribution in [0.4, 0.5) is 4.39 Å². The zero-order valence-electron chi connectivity index (χ0n) is 17.4. The molecule has 4 N–H and O–H groups in total. The number of hydrogen-bond donors (Lipinski definition) is 4. The monoisotopic (exact) mass is 423 g/mol. The van der Waals surface area contributed by atoms with Crippen LogP contribution in [-0.2, 0) is 11.2 Å². The van der Waals surface area contributed by atoms with Crippen molar-refractivity contribution in [2.75, 3.05) is 0 Å². The summed E-state index contributed by atoms with van der Waals surface area (Å²) in [5.74, 6) is -1.14. The van der Waals surface area contributed by atoms with Gasteiger partial charge in [0.05, 0.1) is 17.9 Å². The Morgan fingerprint density at radius 2 is 1.87 bits per heavy atom. The van der Waals surface area contributed by atoms with Gasteiger partial charge in [-0.1, -0.05) is 42.6 Å². The van der Waals surface area contributed by atoms with E-state index >= 15 is 0 Å². The number of aliphatic hydroxyl groups is 2. The first-order chi connectivity index (χ1) is 14.4. The van der Waals surface area contributed by atoms with Gasteiger partial charge in [-0.15, -0.1) is 0 Å². The molecule has 1 saturated carbocycles. The number of carboxylic acids is 1. The lowest BCUT2D eigenvalue weighted by Gasteiger charge is -2.23. The van der Waals surface area contributed by atoms with Crippen LogP contribution in [0.2, 0.25) is 0 Å². The molecule has 1 aliphatic carbocycles. The fourth-order valence-corrected chi connectivity index (χ4v) is 4.47. The summed E-state index contributed by atoms with van der Waals surface area (Å²) in [6.07, 6.45) is 5.47. The van der Waals surface area contributed by atoms with Gasteiger partial charge in [-0.3, -0.25) is 4.79 Å². The van der Waals surface area contributed by atoms with Crippen LogP contribution in [0.15, 0.2) is 29.4 Å². The van der Waals surface area contributed by atoms with E-state index in [0.29, 0.717) is 49.8 Å². The van der Waals surface area contributed by atoms with Gasteiger partial charge in [-0.2, -0.15) is 0 Å². The Balaban J connectivity index is 1.78. The molecule has 6 nitrogen and oxygen atoms in total. The maximum absolute atomic E-state index is 13.7. The minimum absolute atomic E-state index is 0.0193. The number of carboxylic acid groups (broad SMARTS) is 1. The summed E-state index contributed by atoms with van der Waals surface area (Å²) in [6.45, 7) is 0. The summed E-state index contributed by atoms with van der Waals surface area (Å²) >= 11 is 0. The third-order valence-electron chi connectivity index (χ3n) is 6.18. The van der Waals surface area contributed by atoms with Crippen molar-refractivity contribution in [1.82, 2.24) is 0 Å². The van der Waals surface area contributed by atoms with Crippen molar-refractivity contribution < 1.29 is 29.7 Å². The highest BCUT2D eigenvalue weighted by Crippen LogP contribution is 2.37. The highest BCUT2D eigenvalue weighted by atomic mass is 19.1. The largest absolute Gasteiger partial charge is 0.481 e. The van der Waals surface area contributed by atoms with E-state index in [4.69, 9.17) is 5.11 Å². The molecule has 30 heavy (non-hydrogen) atoms. The molecule has 4 unspecified atom stereocenters. The number of aliphatic carboxylic acids is 1. The maximum Gasteiger partial charge on any atom is 0.303 e. The molecule has 0 heterocycles. The summed E-state index contributed by atoms with van der Waals surface area (Å²) in [4.78, 5) is 10.6. The highest BCUT2D eigenvalue weighted by Gasteiger charge is 2.39. The maximum atomic E-state index is 13.7. The molecule has 0 aromatic heterocycles. The second-order valence-corrected chi connectivity index (χ2v) is 8.34. The molecule has 0 bridgehead atoms. The Labute approximate surface area is 177 Å². The Bertz CT molecular complexity index is 696. The number of unbranched alkanes of at least 4 members (excludes halogenated alkanes) is 3. The molecule has 0 amide bonds. The molecule has 1 aromatic carbocycles. The molecule has 4 atom stereocenters. The van der Waals surface area contributed by atoms with E-state index in [1.807, 2.05) is 0 Å². The van der Waals surface area contributed by atoms with Crippen LogP contribution >= 0.6 is 0 Å². The third kappa shape index (κ3) is 7.69. The van der Waals surface area contributed by atoms with Crippen LogP contribution in [0.3, 0.4) is 0 Å². The van der Waals surface area contributed by atoms with E-state index in [9.17, 15) is 24.6 Å². The minimum atomic E-state index is -0.779. The molecule has 0 aliphatic heterocycles. The lowest BCUT2D eigenvalue weighted by Crippen LogP contribution is -2.22. The first-order valence-corrected chi connectivity index (χ1v) is 10.9. The fourth-order valence-electron chi connectivity index (χ4n) is 4.47. The van der Waals surface area contributed by atoms with Gasteiger partial charge in [0.1, 0.15) is 5.82 Å².